The van der Waals surface area contributed by atoms with Crippen molar-refractivity contribution in [3.63, 3.8) is 0 Å². The summed E-state index contributed by atoms with van der Waals surface area (Å²) in [5, 5.41) is 0.580. The number of hydrogen-bond acceptors (Lipinski definition) is 1. The fraction of sp³-hybridized carbons (Fsp3) is 0.556. The van der Waals surface area contributed by atoms with E-state index in [0.29, 0.717) is 17.4 Å². The lowest BCUT2D eigenvalue weighted by atomic mass is 10.4. The highest BCUT2D eigenvalue weighted by molar-refractivity contribution is 6.31. The molecular weight excluding hydrogens is 160 g/mol. The zero-order valence-electron chi connectivity index (χ0n) is 7.78. The van der Waals surface area contributed by atoms with E-state index in [4.69, 9.17) is 16.3 Å². The topological polar surface area (TPSA) is 9.23 Å². The highest BCUT2D eigenvalue weighted by atomic mass is 35.5. The monoisotopic (exact) mass is 176 g/mol. The van der Waals surface area contributed by atoms with Crippen LogP contribution in [-0.2, 0) is 4.74 Å². The van der Waals surface area contributed by atoms with Crippen molar-refractivity contribution in [3.05, 3.63) is 23.4 Å². The van der Waals surface area contributed by atoms with Gasteiger partial charge in [0.2, 0.25) is 0 Å². The van der Waals surface area contributed by atoms with Crippen LogP contribution in [0.25, 0.3) is 0 Å². The molecule has 2 heteroatoms. The summed E-state index contributed by atoms with van der Waals surface area (Å²) in [6.07, 6.45) is 1.75. The van der Waals surface area contributed by atoms with Crippen LogP contribution in [-0.4, -0.2) is 6.61 Å². The van der Waals surface area contributed by atoms with Crippen molar-refractivity contribution >= 4 is 11.6 Å². The lowest BCUT2D eigenvalue weighted by molar-refractivity contribution is 0.242. The fourth-order valence-electron chi connectivity index (χ4n) is 0.404. The molecule has 0 amide bonds. The molecule has 0 atom stereocenters. The van der Waals surface area contributed by atoms with Gasteiger partial charge < -0.3 is 4.74 Å². The number of hydrogen-bond donors (Lipinski definition) is 0. The maximum absolute atomic E-state index is 5.63. The van der Waals surface area contributed by atoms with Crippen molar-refractivity contribution < 1.29 is 4.74 Å². The summed E-state index contributed by atoms with van der Waals surface area (Å²) in [6, 6.07) is 0. The summed E-state index contributed by atoms with van der Waals surface area (Å²) in [5.41, 5.74) is 0. The average Bonchev–Trinajstić information content (AvgIpc) is 2.07. The van der Waals surface area contributed by atoms with Gasteiger partial charge in [0.15, 0.2) is 0 Å². The van der Waals surface area contributed by atoms with Crippen molar-refractivity contribution in [2.24, 2.45) is 0 Å². The summed E-state index contributed by atoms with van der Waals surface area (Å²) in [7, 11) is 0. The van der Waals surface area contributed by atoms with E-state index in [1.807, 2.05) is 27.7 Å². The maximum Gasteiger partial charge on any atom is 0.130 e. The van der Waals surface area contributed by atoms with E-state index in [1.54, 1.807) is 6.08 Å². The van der Waals surface area contributed by atoms with Crippen molar-refractivity contribution in [2.75, 3.05) is 6.61 Å². The van der Waals surface area contributed by atoms with Crippen LogP contribution >= 0.6 is 11.6 Å². The van der Waals surface area contributed by atoms with Gasteiger partial charge in [-0.15, -0.1) is 0 Å². The van der Waals surface area contributed by atoms with Crippen molar-refractivity contribution in [1.82, 2.24) is 0 Å². The normalized spacial score (nSPS) is 9.73. The molecule has 0 aromatic heterocycles. The summed E-state index contributed by atoms with van der Waals surface area (Å²) in [6.45, 7) is 11.9. The Kier molecular flexibility index (Phi) is 11.5. The van der Waals surface area contributed by atoms with Gasteiger partial charge in [0.25, 0.3) is 0 Å². The quantitative estimate of drug-likeness (QED) is 0.471. The largest absolute Gasteiger partial charge is 0.493 e. The van der Waals surface area contributed by atoms with Crippen LogP contribution in [0, 0.1) is 0 Å². The SMILES string of the molecule is C=C(OCC)/C(Cl)=C\C.CC. The van der Waals surface area contributed by atoms with Gasteiger partial charge in [0, 0.05) is 0 Å². The first-order valence-electron chi connectivity index (χ1n) is 3.86. The summed E-state index contributed by atoms with van der Waals surface area (Å²) >= 11 is 5.63. The standard InChI is InChI=1S/C7H11ClO.C2H6/c1-4-7(8)6(3)9-5-2;1-2/h4H,3,5H2,1-2H3;1-2H3/b7-4+;. The Labute approximate surface area is 74.7 Å². The smallest absolute Gasteiger partial charge is 0.130 e. The molecule has 0 radical (unpaired) electrons. The highest BCUT2D eigenvalue weighted by Gasteiger charge is 1.94. The number of halogens is 1. The summed E-state index contributed by atoms with van der Waals surface area (Å²) in [4.78, 5) is 0. The molecule has 0 bridgehead atoms. The van der Waals surface area contributed by atoms with E-state index in [1.165, 1.54) is 0 Å². The Morgan fingerprint density at radius 1 is 1.55 bits per heavy atom. The Hall–Kier alpha value is -0.430. The van der Waals surface area contributed by atoms with Crippen LogP contribution in [0.5, 0.6) is 0 Å². The van der Waals surface area contributed by atoms with Gasteiger partial charge in [-0.25, -0.2) is 0 Å². The minimum absolute atomic E-state index is 0.543. The lowest BCUT2D eigenvalue weighted by Gasteiger charge is -2.02. The molecule has 0 saturated carbocycles. The van der Waals surface area contributed by atoms with Crippen molar-refractivity contribution in [1.29, 1.82) is 0 Å². The summed E-state index contributed by atoms with van der Waals surface area (Å²) < 4.78 is 5.00. The molecule has 0 aliphatic heterocycles. The maximum atomic E-state index is 5.63. The Morgan fingerprint density at radius 2 is 2.00 bits per heavy atom. The third kappa shape index (κ3) is 7.47. The van der Waals surface area contributed by atoms with Crippen LogP contribution < -0.4 is 0 Å². The Morgan fingerprint density at radius 3 is 2.27 bits per heavy atom. The molecule has 0 fully saturated rings. The molecule has 0 unspecified atom stereocenters. The first-order valence-corrected chi connectivity index (χ1v) is 4.24. The van der Waals surface area contributed by atoms with E-state index >= 15 is 0 Å². The molecule has 0 aliphatic carbocycles. The van der Waals surface area contributed by atoms with E-state index in [0.717, 1.165) is 0 Å². The van der Waals surface area contributed by atoms with E-state index < -0.39 is 0 Å². The molecule has 0 spiro atoms. The second-order valence-corrected chi connectivity index (χ2v) is 1.90. The predicted octanol–water partition coefficient (Wildman–Crippen LogP) is 3.71. The van der Waals surface area contributed by atoms with Gasteiger partial charge in [-0.3, -0.25) is 0 Å². The highest BCUT2D eigenvalue weighted by Crippen LogP contribution is 2.12. The van der Waals surface area contributed by atoms with Gasteiger partial charge in [-0.05, 0) is 13.8 Å². The lowest BCUT2D eigenvalue weighted by Crippen LogP contribution is -1.88. The van der Waals surface area contributed by atoms with Gasteiger partial charge in [-0.2, -0.15) is 0 Å². The van der Waals surface area contributed by atoms with Gasteiger partial charge in [-0.1, -0.05) is 38.1 Å². The van der Waals surface area contributed by atoms with E-state index in [2.05, 4.69) is 6.58 Å². The molecule has 1 nitrogen and oxygen atoms in total. The minimum atomic E-state index is 0.543. The zero-order valence-corrected chi connectivity index (χ0v) is 8.53. The van der Waals surface area contributed by atoms with Gasteiger partial charge in [0.1, 0.15) is 5.76 Å². The third-order valence-corrected chi connectivity index (χ3v) is 1.27. The molecule has 66 valence electrons. The Balaban J connectivity index is 0. The van der Waals surface area contributed by atoms with E-state index in [9.17, 15) is 0 Å². The third-order valence-electron chi connectivity index (χ3n) is 0.838. The van der Waals surface area contributed by atoms with Gasteiger partial charge >= 0.3 is 0 Å². The van der Waals surface area contributed by atoms with Crippen molar-refractivity contribution in [3.8, 4) is 0 Å². The van der Waals surface area contributed by atoms with Crippen LogP contribution in [0.1, 0.15) is 27.7 Å². The van der Waals surface area contributed by atoms with Crippen LogP contribution in [0.2, 0.25) is 0 Å². The molecule has 11 heavy (non-hydrogen) atoms. The molecule has 0 saturated heterocycles. The fourth-order valence-corrected chi connectivity index (χ4v) is 0.459. The molecule has 0 N–H and O–H groups in total. The van der Waals surface area contributed by atoms with Gasteiger partial charge in [0.05, 0.1) is 11.6 Å². The van der Waals surface area contributed by atoms with Crippen molar-refractivity contribution in [2.45, 2.75) is 27.7 Å². The molecule has 0 rings (SSSR count). The second-order valence-electron chi connectivity index (χ2n) is 1.49. The second kappa shape index (κ2) is 9.57. The predicted molar refractivity (Wildman–Crippen MR) is 51.7 cm³/mol. The first-order chi connectivity index (χ1) is 5.22. The van der Waals surface area contributed by atoms with Crippen LogP contribution in [0.3, 0.4) is 0 Å². The summed E-state index contributed by atoms with van der Waals surface area (Å²) in [5.74, 6) is 0.543. The first kappa shape index (κ1) is 13.2. The molecule has 0 aromatic carbocycles. The van der Waals surface area contributed by atoms with Crippen LogP contribution in [0.4, 0.5) is 0 Å². The molecule has 0 aliphatic rings. The molecular formula is C9H17ClO. The van der Waals surface area contributed by atoms with Crippen LogP contribution in [0.15, 0.2) is 23.4 Å². The van der Waals surface area contributed by atoms with E-state index in [-0.39, 0.29) is 0 Å². The number of ether oxygens (including phenoxy) is 1. The molecule has 0 aromatic rings. The number of rotatable bonds is 3. The average molecular weight is 177 g/mol. The Bertz CT molecular complexity index is 128. The number of allylic oxidation sites excluding steroid dienone is 2. The zero-order chi connectivity index (χ0) is 9.28. The molecule has 0 heterocycles. The minimum Gasteiger partial charge on any atom is -0.493 e.